The van der Waals surface area contributed by atoms with Gasteiger partial charge in [0, 0.05) is 25.2 Å². The zero-order valence-corrected chi connectivity index (χ0v) is 14.8. The second-order valence-electron chi connectivity index (χ2n) is 6.58. The first-order valence-electron chi connectivity index (χ1n) is 8.77. The van der Waals surface area contributed by atoms with Crippen molar-refractivity contribution in [2.75, 3.05) is 18.0 Å². The molecule has 2 aromatic rings. The number of hydrogen-bond donors (Lipinski definition) is 0. The van der Waals surface area contributed by atoms with Gasteiger partial charge in [-0.25, -0.2) is 0 Å². The van der Waals surface area contributed by atoms with Gasteiger partial charge in [-0.3, -0.25) is 9.59 Å². The minimum Gasteiger partial charge on any atom is -0.329 e. The van der Waals surface area contributed by atoms with E-state index in [9.17, 15) is 9.59 Å². The summed E-state index contributed by atoms with van der Waals surface area (Å²) in [6.07, 6.45) is 1.14. The van der Waals surface area contributed by atoms with Crippen LogP contribution in [0.2, 0.25) is 0 Å². The molecular weight excluding hydrogens is 312 g/mol. The van der Waals surface area contributed by atoms with Gasteiger partial charge < -0.3 is 9.80 Å². The molecule has 4 nitrogen and oxygen atoms in total. The van der Waals surface area contributed by atoms with E-state index in [0.717, 1.165) is 16.8 Å². The largest absolute Gasteiger partial charge is 0.329 e. The Morgan fingerprint density at radius 3 is 2.56 bits per heavy atom. The summed E-state index contributed by atoms with van der Waals surface area (Å²) in [5.41, 5.74) is 3.18. The molecule has 0 spiro atoms. The standard InChI is InChI=1S/C21H24N2O2/c1-16-7-6-10-19(15-16)23-14-13-22(17(2)21(23)25)20(24)12-11-18-8-4-3-5-9-18/h3-10,15,17H,11-14H2,1-2H3/t17-/m0/s1. The fraction of sp³-hybridized carbons (Fsp3) is 0.333. The molecule has 0 N–H and O–H groups in total. The SMILES string of the molecule is Cc1cccc(N2CCN(C(=O)CCc3ccccc3)[C@@H](C)C2=O)c1. The molecule has 1 aliphatic rings. The highest BCUT2D eigenvalue weighted by atomic mass is 16.2. The highest BCUT2D eigenvalue weighted by Crippen LogP contribution is 2.22. The van der Waals surface area contributed by atoms with Crippen molar-refractivity contribution in [2.45, 2.75) is 32.7 Å². The van der Waals surface area contributed by atoms with Crippen molar-refractivity contribution in [3.8, 4) is 0 Å². The molecule has 0 bridgehead atoms. The van der Waals surface area contributed by atoms with E-state index in [1.807, 2.05) is 68.4 Å². The maximum absolute atomic E-state index is 12.8. The molecule has 0 saturated carbocycles. The Hall–Kier alpha value is -2.62. The van der Waals surface area contributed by atoms with Crippen LogP contribution in [0.1, 0.15) is 24.5 Å². The van der Waals surface area contributed by atoms with Gasteiger partial charge >= 0.3 is 0 Å². The summed E-state index contributed by atoms with van der Waals surface area (Å²) in [6.45, 7) is 4.96. The molecule has 3 rings (SSSR count). The van der Waals surface area contributed by atoms with Crippen LogP contribution in [0.25, 0.3) is 0 Å². The fourth-order valence-corrected chi connectivity index (χ4v) is 3.30. The van der Waals surface area contributed by atoms with Crippen LogP contribution in [0.5, 0.6) is 0 Å². The van der Waals surface area contributed by atoms with Crippen molar-refractivity contribution in [2.24, 2.45) is 0 Å². The average molecular weight is 336 g/mol. The smallest absolute Gasteiger partial charge is 0.249 e. The number of carbonyl (C=O) groups is 2. The molecule has 25 heavy (non-hydrogen) atoms. The third-order valence-corrected chi connectivity index (χ3v) is 4.76. The van der Waals surface area contributed by atoms with E-state index in [4.69, 9.17) is 0 Å². The molecule has 0 unspecified atom stereocenters. The predicted octanol–water partition coefficient (Wildman–Crippen LogP) is 3.19. The number of amides is 2. The summed E-state index contributed by atoms with van der Waals surface area (Å²) in [4.78, 5) is 28.8. The van der Waals surface area contributed by atoms with Gasteiger partial charge in [0.05, 0.1) is 0 Å². The first-order chi connectivity index (χ1) is 12.1. The van der Waals surface area contributed by atoms with Crippen molar-refractivity contribution in [3.63, 3.8) is 0 Å². The Labute approximate surface area is 149 Å². The van der Waals surface area contributed by atoms with Gasteiger partial charge in [-0.15, -0.1) is 0 Å². The van der Waals surface area contributed by atoms with Gasteiger partial charge in [0.2, 0.25) is 11.8 Å². The summed E-state index contributed by atoms with van der Waals surface area (Å²) in [6, 6.07) is 17.5. The Bertz CT molecular complexity index is 758. The third kappa shape index (κ3) is 3.90. The van der Waals surface area contributed by atoms with Crippen molar-refractivity contribution in [1.29, 1.82) is 0 Å². The van der Waals surface area contributed by atoms with Crippen molar-refractivity contribution >= 4 is 17.5 Å². The summed E-state index contributed by atoms with van der Waals surface area (Å²) >= 11 is 0. The Morgan fingerprint density at radius 1 is 1.08 bits per heavy atom. The van der Waals surface area contributed by atoms with Gasteiger partial charge in [-0.05, 0) is 43.5 Å². The molecule has 1 aliphatic heterocycles. The average Bonchev–Trinajstić information content (AvgIpc) is 2.63. The predicted molar refractivity (Wildman–Crippen MR) is 99.5 cm³/mol. The molecule has 1 fully saturated rings. The van der Waals surface area contributed by atoms with E-state index in [-0.39, 0.29) is 11.8 Å². The lowest BCUT2D eigenvalue weighted by Crippen LogP contribution is -2.57. The summed E-state index contributed by atoms with van der Waals surface area (Å²) in [5, 5.41) is 0. The van der Waals surface area contributed by atoms with Crippen molar-refractivity contribution in [3.05, 3.63) is 65.7 Å². The topological polar surface area (TPSA) is 40.6 Å². The lowest BCUT2D eigenvalue weighted by atomic mass is 10.1. The number of benzene rings is 2. The van der Waals surface area contributed by atoms with Crippen LogP contribution in [0.15, 0.2) is 54.6 Å². The second kappa shape index (κ2) is 7.51. The molecule has 0 aliphatic carbocycles. The minimum atomic E-state index is -0.419. The van der Waals surface area contributed by atoms with Crippen LogP contribution in [0.3, 0.4) is 0 Å². The van der Waals surface area contributed by atoms with E-state index in [2.05, 4.69) is 0 Å². The molecule has 2 aromatic carbocycles. The van der Waals surface area contributed by atoms with Crippen LogP contribution in [-0.2, 0) is 16.0 Å². The van der Waals surface area contributed by atoms with Crippen molar-refractivity contribution < 1.29 is 9.59 Å². The van der Waals surface area contributed by atoms with E-state index in [1.165, 1.54) is 0 Å². The zero-order valence-electron chi connectivity index (χ0n) is 14.8. The van der Waals surface area contributed by atoms with E-state index in [0.29, 0.717) is 25.9 Å². The maximum atomic E-state index is 12.8. The molecule has 1 saturated heterocycles. The highest BCUT2D eigenvalue weighted by Gasteiger charge is 2.34. The van der Waals surface area contributed by atoms with Crippen LogP contribution >= 0.6 is 0 Å². The van der Waals surface area contributed by atoms with Gasteiger partial charge in [0.25, 0.3) is 0 Å². The number of carbonyl (C=O) groups excluding carboxylic acids is 2. The Morgan fingerprint density at radius 2 is 1.84 bits per heavy atom. The lowest BCUT2D eigenvalue weighted by molar-refractivity contribution is -0.140. The van der Waals surface area contributed by atoms with E-state index in [1.54, 1.807) is 9.80 Å². The van der Waals surface area contributed by atoms with Crippen LogP contribution in [-0.4, -0.2) is 35.8 Å². The number of anilines is 1. The van der Waals surface area contributed by atoms with Gasteiger partial charge in [-0.2, -0.15) is 0 Å². The first kappa shape index (κ1) is 17.2. The molecule has 0 radical (unpaired) electrons. The molecule has 1 atom stereocenters. The van der Waals surface area contributed by atoms with Crippen LogP contribution in [0.4, 0.5) is 5.69 Å². The quantitative estimate of drug-likeness (QED) is 0.860. The third-order valence-electron chi connectivity index (χ3n) is 4.76. The number of piperazine rings is 1. The number of hydrogen-bond acceptors (Lipinski definition) is 2. The summed E-state index contributed by atoms with van der Waals surface area (Å²) in [7, 11) is 0. The molecular formula is C21H24N2O2. The highest BCUT2D eigenvalue weighted by molar-refractivity contribution is 6.00. The van der Waals surface area contributed by atoms with E-state index < -0.39 is 6.04 Å². The van der Waals surface area contributed by atoms with Gasteiger partial charge in [-0.1, -0.05) is 42.5 Å². The molecule has 4 heteroatoms. The number of rotatable bonds is 4. The molecule has 2 amide bonds. The van der Waals surface area contributed by atoms with Crippen LogP contribution < -0.4 is 4.90 Å². The summed E-state index contributed by atoms with van der Waals surface area (Å²) < 4.78 is 0. The minimum absolute atomic E-state index is 0.00934. The Balaban J connectivity index is 1.64. The number of nitrogens with zero attached hydrogens (tertiary/aromatic N) is 2. The Kier molecular flexibility index (Phi) is 5.17. The molecule has 1 heterocycles. The maximum Gasteiger partial charge on any atom is 0.249 e. The van der Waals surface area contributed by atoms with Crippen molar-refractivity contribution in [1.82, 2.24) is 4.90 Å². The fourth-order valence-electron chi connectivity index (χ4n) is 3.30. The monoisotopic (exact) mass is 336 g/mol. The van der Waals surface area contributed by atoms with Gasteiger partial charge in [0.1, 0.15) is 6.04 Å². The van der Waals surface area contributed by atoms with Crippen LogP contribution in [0, 0.1) is 6.92 Å². The molecule has 0 aromatic heterocycles. The normalized spacial score (nSPS) is 17.7. The number of aryl methyl sites for hydroxylation is 2. The second-order valence-corrected chi connectivity index (χ2v) is 6.58. The summed E-state index contributed by atoms with van der Waals surface area (Å²) in [5.74, 6) is 0.0403. The van der Waals surface area contributed by atoms with E-state index >= 15 is 0 Å². The first-order valence-corrected chi connectivity index (χ1v) is 8.77. The van der Waals surface area contributed by atoms with Gasteiger partial charge in [0.15, 0.2) is 0 Å². The lowest BCUT2D eigenvalue weighted by Gasteiger charge is -2.39. The zero-order chi connectivity index (χ0) is 17.8. The molecule has 130 valence electrons.